The van der Waals surface area contributed by atoms with Gasteiger partial charge in [0, 0.05) is 17.1 Å². The van der Waals surface area contributed by atoms with Crippen LogP contribution in [0.2, 0.25) is 0 Å². The van der Waals surface area contributed by atoms with Gasteiger partial charge in [0.1, 0.15) is 0 Å². The Kier molecular flexibility index (Phi) is 8.27. The Labute approximate surface area is 363 Å². The zero-order valence-electron chi connectivity index (χ0n) is 34.5. The molecule has 0 N–H and O–H groups in total. The molecule has 0 saturated heterocycles. The smallest absolute Gasteiger partial charge is 0.0714 e. The minimum atomic E-state index is -0.557. The molecule has 12 rings (SSSR count). The Morgan fingerprint density at radius 3 is 1.31 bits per heavy atom. The second-order valence-electron chi connectivity index (χ2n) is 16.8. The second kappa shape index (κ2) is 14.2. The average Bonchev–Trinajstić information content (AvgIpc) is 3.81. The maximum atomic E-state index is 2.49. The number of hydrogen-bond donors (Lipinski definition) is 0. The second-order valence-corrected chi connectivity index (χ2v) is 16.8. The highest BCUT2D eigenvalue weighted by Gasteiger charge is 2.48. The van der Waals surface area contributed by atoms with Crippen LogP contribution in [0.4, 0.5) is 17.1 Å². The molecule has 0 fully saturated rings. The van der Waals surface area contributed by atoms with Crippen LogP contribution in [0, 0.1) is 6.92 Å². The number of nitrogens with zero attached hydrogens (tertiary/aromatic N) is 1. The minimum absolute atomic E-state index is 0.513. The topological polar surface area (TPSA) is 3.24 Å². The molecule has 0 saturated carbocycles. The van der Waals surface area contributed by atoms with Gasteiger partial charge in [-0.2, -0.15) is 0 Å². The molecule has 0 radical (unpaired) electrons. The lowest BCUT2D eigenvalue weighted by Crippen LogP contribution is -2.29. The van der Waals surface area contributed by atoms with Crippen LogP contribution in [0.5, 0.6) is 0 Å². The summed E-state index contributed by atoms with van der Waals surface area (Å²) in [5, 5.41) is 2.59. The summed E-state index contributed by atoms with van der Waals surface area (Å²) in [6.45, 7) is 2.23. The first-order valence-electron chi connectivity index (χ1n) is 21.7. The molecule has 0 aromatic heterocycles. The zero-order valence-corrected chi connectivity index (χ0v) is 34.5. The van der Waals surface area contributed by atoms with Crippen molar-refractivity contribution in [2.75, 3.05) is 4.90 Å². The fourth-order valence-electron chi connectivity index (χ4n) is 11.2. The van der Waals surface area contributed by atoms with Crippen LogP contribution in [-0.2, 0) is 10.8 Å². The number of benzene rings is 10. The van der Waals surface area contributed by atoms with Crippen molar-refractivity contribution in [3.8, 4) is 22.3 Å². The lowest BCUT2D eigenvalue weighted by molar-refractivity contribution is 0.767. The van der Waals surface area contributed by atoms with Gasteiger partial charge in [-0.3, -0.25) is 0 Å². The average molecular weight is 790 g/mol. The summed E-state index contributed by atoms with van der Waals surface area (Å²) < 4.78 is 0. The molecule has 1 heteroatoms. The molecule has 0 heterocycles. The van der Waals surface area contributed by atoms with Crippen molar-refractivity contribution in [2.24, 2.45) is 0 Å². The zero-order chi connectivity index (χ0) is 41.3. The van der Waals surface area contributed by atoms with Gasteiger partial charge in [-0.25, -0.2) is 0 Å². The first-order chi connectivity index (χ1) is 30.7. The fourth-order valence-corrected chi connectivity index (χ4v) is 11.2. The molecule has 0 spiro atoms. The van der Waals surface area contributed by atoms with Crippen LogP contribution < -0.4 is 4.90 Å². The summed E-state index contributed by atoms with van der Waals surface area (Å²) in [6, 6.07) is 90.3. The Morgan fingerprint density at radius 2 is 0.742 bits per heavy atom. The van der Waals surface area contributed by atoms with Crippen LogP contribution >= 0.6 is 0 Å². The number of fused-ring (bicyclic) bond motifs is 8. The largest absolute Gasteiger partial charge is 0.310 e. The third kappa shape index (κ3) is 5.09. The van der Waals surface area contributed by atoms with Gasteiger partial charge in [-0.05, 0) is 126 Å². The molecule has 0 aliphatic heterocycles. The molecule has 2 aliphatic carbocycles. The highest BCUT2D eigenvalue weighted by molar-refractivity contribution is 6.05. The molecular weight excluding hydrogens is 747 g/mol. The predicted octanol–water partition coefficient (Wildman–Crippen LogP) is 15.3. The number of rotatable bonds is 7. The molecule has 0 atom stereocenters. The first-order valence-corrected chi connectivity index (χ1v) is 21.7. The van der Waals surface area contributed by atoms with E-state index in [0.29, 0.717) is 0 Å². The standard InChI is InChI=1S/C61H43N/c1-42-20-19-32-53-50(42)38-39-56-59(53)54-37-35-49(41-58(54)61(56,45-25-11-4-12-26-45)46-27-13-5-14-28-46)62(47-29-15-6-16-30-47)48-34-36-52-51-31-17-18-33-55(51)60(57(52)40-48,43-21-7-2-8-22-43)44-23-9-3-10-24-44/h2-41H,1H3. The molecule has 10 aromatic carbocycles. The SMILES string of the molecule is Cc1cccc2c3c(ccc12)C(c1ccccc1)(c1ccccc1)c1cc(N(c2ccccc2)c2ccc4c(c2)C(c2ccccc2)(c2ccccc2)c2ccccc2-4)ccc1-3. The van der Waals surface area contributed by atoms with E-state index in [1.807, 2.05) is 0 Å². The van der Waals surface area contributed by atoms with Crippen molar-refractivity contribution < 1.29 is 0 Å². The van der Waals surface area contributed by atoms with Gasteiger partial charge in [0.05, 0.1) is 10.8 Å². The van der Waals surface area contributed by atoms with E-state index in [1.54, 1.807) is 0 Å². The summed E-state index contributed by atoms with van der Waals surface area (Å²) in [5.41, 5.74) is 18.9. The van der Waals surface area contributed by atoms with Crippen molar-refractivity contribution in [3.05, 3.63) is 293 Å². The van der Waals surface area contributed by atoms with Crippen LogP contribution in [0.25, 0.3) is 33.0 Å². The molecular formula is C61H43N. The molecule has 0 unspecified atom stereocenters. The van der Waals surface area contributed by atoms with E-state index in [4.69, 9.17) is 0 Å². The summed E-state index contributed by atoms with van der Waals surface area (Å²) >= 11 is 0. The summed E-state index contributed by atoms with van der Waals surface area (Å²) in [7, 11) is 0. The Balaban J connectivity index is 1.15. The van der Waals surface area contributed by atoms with Crippen molar-refractivity contribution >= 4 is 27.8 Å². The molecule has 2 aliphatic rings. The molecule has 1 nitrogen and oxygen atoms in total. The maximum absolute atomic E-state index is 2.49. The summed E-state index contributed by atoms with van der Waals surface area (Å²) in [5.74, 6) is 0. The van der Waals surface area contributed by atoms with E-state index >= 15 is 0 Å². The van der Waals surface area contributed by atoms with Crippen LogP contribution in [0.15, 0.2) is 243 Å². The highest BCUT2D eigenvalue weighted by atomic mass is 15.1. The van der Waals surface area contributed by atoms with Crippen molar-refractivity contribution in [3.63, 3.8) is 0 Å². The third-order valence-corrected chi connectivity index (χ3v) is 13.7. The van der Waals surface area contributed by atoms with Gasteiger partial charge in [0.25, 0.3) is 0 Å². The van der Waals surface area contributed by atoms with Gasteiger partial charge in [0.2, 0.25) is 0 Å². The number of para-hydroxylation sites is 1. The van der Waals surface area contributed by atoms with Crippen LogP contribution in [0.3, 0.4) is 0 Å². The van der Waals surface area contributed by atoms with E-state index in [9.17, 15) is 0 Å². The van der Waals surface area contributed by atoms with Gasteiger partial charge >= 0.3 is 0 Å². The lowest BCUT2D eigenvalue weighted by atomic mass is 9.67. The Morgan fingerprint density at radius 1 is 0.290 bits per heavy atom. The van der Waals surface area contributed by atoms with Crippen LogP contribution in [0.1, 0.15) is 50.1 Å². The summed E-state index contributed by atoms with van der Waals surface area (Å²) in [4.78, 5) is 2.47. The van der Waals surface area contributed by atoms with E-state index < -0.39 is 10.8 Å². The fraction of sp³-hybridized carbons (Fsp3) is 0.0492. The van der Waals surface area contributed by atoms with Crippen molar-refractivity contribution in [2.45, 2.75) is 17.8 Å². The van der Waals surface area contributed by atoms with Gasteiger partial charge in [-0.1, -0.05) is 206 Å². The van der Waals surface area contributed by atoms with Gasteiger partial charge < -0.3 is 4.90 Å². The van der Waals surface area contributed by atoms with Gasteiger partial charge in [0.15, 0.2) is 0 Å². The van der Waals surface area contributed by atoms with E-state index in [-0.39, 0.29) is 0 Å². The lowest BCUT2D eigenvalue weighted by Gasteiger charge is -2.36. The number of anilines is 3. The molecule has 0 amide bonds. The number of hydrogen-bond acceptors (Lipinski definition) is 1. The highest BCUT2D eigenvalue weighted by Crippen LogP contribution is 2.60. The maximum Gasteiger partial charge on any atom is 0.0714 e. The first kappa shape index (κ1) is 36.1. The Hall–Kier alpha value is -7.74. The Bertz CT molecular complexity index is 3200. The van der Waals surface area contributed by atoms with Crippen molar-refractivity contribution in [1.82, 2.24) is 0 Å². The van der Waals surface area contributed by atoms with E-state index in [1.165, 1.54) is 83.1 Å². The summed E-state index contributed by atoms with van der Waals surface area (Å²) in [6.07, 6.45) is 0. The van der Waals surface area contributed by atoms with E-state index in [0.717, 1.165) is 17.1 Å². The minimum Gasteiger partial charge on any atom is -0.310 e. The normalized spacial score (nSPS) is 13.8. The van der Waals surface area contributed by atoms with Crippen LogP contribution in [-0.4, -0.2) is 0 Å². The molecule has 62 heavy (non-hydrogen) atoms. The molecule has 292 valence electrons. The monoisotopic (exact) mass is 789 g/mol. The van der Waals surface area contributed by atoms with E-state index in [2.05, 4.69) is 254 Å². The predicted molar refractivity (Wildman–Crippen MR) is 258 cm³/mol. The third-order valence-electron chi connectivity index (χ3n) is 13.7. The number of aryl methyl sites for hydroxylation is 1. The molecule has 10 aromatic rings. The quantitative estimate of drug-likeness (QED) is 0.155. The molecule has 0 bridgehead atoms. The van der Waals surface area contributed by atoms with Gasteiger partial charge in [-0.15, -0.1) is 0 Å². The van der Waals surface area contributed by atoms with Crippen molar-refractivity contribution in [1.29, 1.82) is 0 Å².